The maximum absolute atomic E-state index is 5.76. The van der Waals surface area contributed by atoms with Gasteiger partial charge in [0.15, 0.2) is 0 Å². The summed E-state index contributed by atoms with van der Waals surface area (Å²) in [5.74, 6) is 0.732. The molecule has 3 N–H and O–H groups in total. The molecule has 78 valence electrons. The fourth-order valence-electron chi connectivity index (χ4n) is 0.939. The van der Waals surface area contributed by atoms with E-state index in [4.69, 9.17) is 17.3 Å². The zero-order chi connectivity index (χ0) is 10.6. The molecule has 0 fully saturated rings. The third-order valence-electron chi connectivity index (χ3n) is 1.79. The van der Waals surface area contributed by atoms with E-state index in [1.807, 2.05) is 0 Å². The highest BCUT2D eigenvalue weighted by molar-refractivity contribution is 7.99. The highest BCUT2D eigenvalue weighted by atomic mass is 35.5. The molecule has 0 saturated heterocycles. The van der Waals surface area contributed by atoms with Crippen LogP contribution < -0.4 is 11.1 Å². The van der Waals surface area contributed by atoms with E-state index < -0.39 is 0 Å². The molecule has 1 atom stereocenters. The molecule has 0 aliphatic rings. The van der Waals surface area contributed by atoms with Crippen molar-refractivity contribution in [2.24, 2.45) is 0 Å². The summed E-state index contributed by atoms with van der Waals surface area (Å²) in [4.78, 5) is 4.11. The molecule has 0 spiro atoms. The smallest absolute Gasteiger partial charge is 0.133 e. The van der Waals surface area contributed by atoms with Crippen LogP contribution in [0, 0.1) is 0 Å². The number of halogens is 1. The zero-order valence-electron chi connectivity index (χ0n) is 8.25. The summed E-state index contributed by atoms with van der Waals surface area (Å²) in [7, 11) is 0. The Bertz CT molecular complexity index is 286. The highest BCUT2D eigenvalue weighted by Crippen LogP contribution is 2.16. The third-order valence-corrected chi connectivity index (χ3v) is 2.95. The normalized spacial score (nSPS) is 12.5. The lowest BCUT2D eigenvalue weighted by atomic mass is 10.4. The number of nitrogens with two attached hydrogens (primary N) is 1. The van der Waals surface area contributed by atoms with Crippen molar-refractivity contribution >= 4 is 34.9 Å². The molecule has 0 aliphatic heterocycles. The van der Waals surface area contributed by atoms with Gasteiger partial charge in [-0.15, -0.1) is 0 Å². The number of nitrogens with one attached hydrogen (secondary N) is 1. The lowest BCUT2D eigenvalue weighted by Gasteiger charge is -2.10. The average molecular weight is 232 g/mol. The van der Waals surface area contributed by atoms with Crippen LogP contribution in [0.15, 0.2) is 12.1 Å². The Balaban J connectivity index is 2.58. The van der Waals surface area contributed by atoms with Gasteiger partial charge in [0.25, 0.3) is 0 Å². The molecule has 0 radical (unpaired) electrons. The molecule has 0 amide bonds. The summed E-state index contributed by atoms with van der Waals surface area (Å²) in [6.45, 7) is 3.00. The second-order valence-electron chi connectivity index (χ2n) is 3.04. The number of aromatic nitrogens is 1. The van der Waals surface area contributed by atoms with E-state index in [1.165, 1.54) is 0 Å². The number of thioether (sulfide) groups is 1. The summed E-state index contributed by atoms with van der Waals surface area (Å²) in [5.41, 5.74) is 6.26. The van der Waals surface area contributed by atoms with Gasteiger partial charge in [-0.2, -0.15) is 11.8 Å². The SMILES string of the molecule is CSC(C)CNc1cc(N)cc(Cl)n1. The molecule has 1 unspecified atom stereocenters. The maximum Gasteiger partial charge on any atom is 0.133 e. The molecular weight excluding hydrogens is 218 g/mol. The van der Waals surface area contributed by atoms with E-state index in [-0.39, 0.29) is 0 Å². The van der Waals surface area contributed by atoms with Crippen LogP contribution in [-0.4, -0.2) is 23.0 Å². The number of anilines is 2. The minimum absolute atomic E-state index is 0.421. The van der Waals surface area contributed by atoms with E-state index in [2.05, 4.69) is 23.5 Å². The summed E-state index contributed by atoms with van der Waals surface area (Å²) in [5, 5.41) is 4.14. The Labute approximate surface area is 93.4 Å². The van der Waals surface area contributed by atoms with Crippen LogP contribution in [0.2, 0.25) is 5.15 Å². The first-order valence-electron chi connectivity index (χ1n) is 4.31. The number of nitrogen functional groups attached to an aromatic ring is 1. The van der Waals surface area contributed by atoms with E-state index in [9.17, 15) is 0 Å². The number of pyridine rings is 1. The number of hydrogen-bond acceptors (Lipinski definition) is 4. The molecule has 0 aromatic carbocycles. The molecule has 0 aliphatic carbocycles. The molecule has 5 heteroatoms. The quantitative estimate of drug-likeness (QED) is 0.782. The van der Waals surface area contributed by atoms with Crippen molar-refractivity contribution in [2.75, 3.05) is 23.9 Å². The third kappa shape index (κ3) is 3.64. The van der Waals surface area contributed by atoms with Gasteiger partial charge in [0.05, 0.1) is 0 Å². The van der Waals surface area contributed by atoms with E-state index >= 15 is 0 Å². The maximum atomic E-state index is 5.76. The van der Waals surface area contributed by atoms with E-state index in [0.717, 1.165) is 12.4 Å². The summed E-state index contributed by atoms with van der Waals surface area (Å²) >= 11 is 7.56. The molecule has 1 aromatic rings. The Morgan fingerprint density at radius 2 is 2.36 bits per heavy atom. The standard InChI is InChI=1S/C9H14ClN3S/c1-6(14-2)5-12-9-4-7(11)3-8(10)13-9/h3-4,6H,5H2,1-2H3,(H3,11,12,13). The van der Waals surface area contributed by atoms with Gasteiger partial charge >= 0.3 is 0 Å². The van der Waals surface area contributed by atoms with Crippen molar-refractivity contribution in [1.82, 2.24) is 4.98 Å². The molecule has 1 aromatic heterocycles. The van der Waals surface area contributed by atoms with Crippen molar-refractivity contribution in [2.45, 2.75) is 12.2 Å². The van der Waals surface area contributed by atoms with E-state index in [1.54, 1.807) is 23.9 Å². The Hall–Kier alpha value is -0.610. The fourth-order valence-corrected chi connectivity index (χ4v) is 1.41. The number of hydrogen-bond donors (Lipinski definition) is 2. The monoisotopic (exact) mass is 231 g/mol. The molecule has 0 bridgehead atoms. The molecule has 1 heterocycles. The molecule has 3 nitrogen and oxygen atoms in total. The Morgan fingerprint density at radius 3 is 2.93 bits per heavy atom. The molecule has 14 heavy (non-hydrogen) atoms. The topological polar surface area (TPSA) is 50.9 Å². The van der Waals surface area contributed by atoms with Crippen molar-refractivity contribution in [3.8, 4) is 0 Å². The first-order chi connectivity index (χ1) is 6.61. The lowest BCUT2D eigenvalue weighted by Crippen LogP contribution is -2.13. The first kappa shape index (κ1) is 11.5. The van der Waals surface area contributed by atoms with Gasteiger partial charge in [0, 0.05) is 23.5 Å². The summed E-state index contributed by atoms with van der Waals surface area (Å²) in [6.07, 6.45) is 2.08. The van der Waals surface area contributed by atoms with Crippen LogP contribution in [0.25, 0.3) is 0 Å². The van der Waals surface area contributed by atoms with Gasteiger partial charge in [-0.05, 0) is 12.3 Å². The van der Waals surface area contributed by atoms with Gasteiger partial charge in [-0.1, -0.05) is 18.5 Å². The number of rotatable bonds is 4. The average Bonchev–Trinajstić information content (AvgIpc) is 2.12. The first-order valence-corrected chi connectivity index (χ1v) is 5.98. The van der Waals surface area contributed by atoms with Crippen molar-refractivity contribution < 1.29 is 0 Å². The minimum atomic E-state index is 0.421. The van der Waals surface area contributed by atoms with Crippen molar-refractivity contribution in [3.05, 3.63) is 17.3 Å². The molecule has 0 saturated carbocycles. The number of nitrogens with zero attached hydrogens (tertiary/aromatic N) is 1. The van der Waals surface area contributed by atoms with Crippen LogP contribution in [0.1, 0.15) is 6.92 Å². The molecule has 1 rings (SSSR count). The van der Waals surface area contributed by atoms with Gasteiger partial charge in [-0.25, -0.2) is 4.98 Å². The highest BCUT2D eigenvalue weighted by Gasteiger charge is 2.01. The predicted molar refractivity (Wildman–Crippen MR) is 65.1 cm³/mol. The van der Waals surface area contributed by atoms with Crippen LogP contribution in [0.4, 0.5) is 11.5 Å². The van der Waals surface area contributed by atoms with Gasteiger partial charge < -0.3 is 11.1 Å². The largest absolute Gasteiger partial charge is 0.399 e. The van der Waals surface area contributed by atoms with Gasteiger partial charge in [-0.3, -0.25) is 0 Å². The minimum Gasteiger partial charge on any atom is -0.399 e. The predicted octanol–water partition coefficient (Wildman–Crippen LogP) is 2.48. The lowest BCUT2D eigenvalue weighted by molar-refractivity contribution is 0.992. The zero-order valence-corrected chi connectivity index (χ0v) is 9.82. The van der Waals surface area contributed by atoms with Crippen LogP contribution >= 0.6 is 23.4 Å². The second-order valence-corrected chi connectivity index (χ2v) is 4.70. The van der Waals surface area contributed by atoms with E-state index in [0.29, 0.717) is 16.1 Å². The fraction of sp³-hybridized carbons (Fsp3) is 0.444. The van der Waals surface area contributed by atoms with Crippen molar-refractivity contribution in [3.63, 3.8) is 0 Å². The second kappa shape index (κ2) is 5.32. The van der Waals surface area contributed by atoms with Crippen LogP contribution in [0.5, 0.6) is 0 Å². The van der Waals surface area contributed by atoms with Crippen molar-refractivity contribution in [1.29, 1.82) is 0 Å². The van der Waals surface area contributed by atoms with Crippen LogP contribution in [0.3, 0.4) is 0 Å². The van der Waals surface area contributed by atoms with Crippen LogP contribution in [-0.2, 0) is 0 Å². The summed E-state index contributed by atoms with van der Waals surface area (Å²) < 4.78 is 0. The van der Waals surface area contributed by atoms with Gasteiger partial charge in [0.1, 0.15) is 11.0 Å². The van der Waals surface area contributed by atoms with Gasteiger partial charge in [0.2, 0.25) is 0 Å². The Morgan fingerprint density at radius 1 is 1.64 bits per heavy atom. The molecular formula is C9H14ClN3S. The summed E-state index contributed by atoms with van der Waals surface area (Å²) in [6, 6.07) is 3.41. The Kier molecular flexibility index (Phi) is 4.35.